The molecule has 0 amide bonds. The van der Waals surface area contributed by atoms with Gasteiger partial charge >= 0.3 is 0 Å². The number of aryl methyl sites for hydroxylation is 1. The maximum Gasteiger partial charge on any atom is 0.197 e. The molecule has 0 bridgehead atoms. The van der Waals surface area contributed by atoms with E-state index in [1.54, 1.807) is 13.8 Å². The second kappa shape index (κ2) is 5.16. The molecule has 0 aliphatic rings. The van der Waals surface area contributed by atoms with Crippen LogP contribution >= 0.6 is 0 Å². The molecule has 0 spiro atoms. The third-order valence-corrected chi connectivity index (χ3v) is 2.42. The summed E-state index contributed by atoms with van der Waals surface area (Å²) in [6.07, 6.45) is -0.103. The Morgan fingerprint density at radius 1 is 1.31 bits per heavy atom. The minimum atomic E-state index is -0.511. The summed E-state index contributed by atoms with van der Waals surface area (Å²) >= 11 is 0. The fourth-order valence-electron chi connectivity index (χ4n) is 1.72. The van der Waals surface area contributed by atoms with Crippen molar-refractivity contribution in [3.8, 4) is 11.5 Å². The molecule has 0 heterocycles. The van der Waals surface area contributed by atoms with Crippen molar-refractivity contribution in [3.63, 3.8) is 0 Å². The van der Waals surface area contributed by atoms with Crippen molar-refractivity contribution in [1.82, 2.24) is 0 Å². The lowest BCUT2D eigenvalue weighted by molar-refractivity contribution is 0.193. The van der Waals surface area contributed by atoms with Gasteiger partial charge in [-0.25, -0.2) is 4.39 Å². The van der Waals surface area contributed by atoms with E-state index in [4.69, 9.17) is 9.47 Å². The lowest BCUT2D eigenvalue weighted by Gasteiger charge is -2.17. The number of ether oxygens (including phenoxy) is 2. The topological polar surface area (TPSA) is 38.7 Å². The van der Waals surface area contributed by atoms with Crippen LogP contribution in [-0.2, 0) is 6.42 Å². The van der Waals surface area contributed by atoms with Gasteiger partial charge in [-0.15, -0.1) is 0 Å². The molecule has 0 aliphatic heterocycles. The third-order valence-electron chi connectivity index (χ3n) is 2.42. The quantitative estimate of drug-likeness (QED) is 0.857. The van der Waals surface area contributed by atoms with E-state index >= 15 is 0 Å². The predicted octanol–water partition coefficient (Wildman–Crippen LogP) is 2.07. The molecule has 0 radical (unpaired) electrons. The summed E-state index contributed by atoms with van der Waals surface area (Å²) in [6.45, 7) is 3.46. The molecule has 1 rings (SSSR count). The van der Waals surface area contributed by atoms with Crippen molar-refractivity contribution in [3.05, 3.63) is 23.0 Å². The zero-order chi connectivity index (χ0) is 12.3. The first-order valence-corrected chi connectivity index (χ1v) is 5.09. The Morgan fingerprint density at radius 2 is 1.88 bits per heavy atom. The Hall–Kier alpha value is -1.29. The van der Waals surface area contributed by atoms with Gasteiger partial charge in [-0.05, 0) is 25.5 Å². The zero-order valence-corrected chi connectivity index (χ0v) is 10.0. The lowest BCUT2D eigenvalue weighted by Crippen LogP contribution is -2.09. The van der Waals surface area contributed by atoms with Gasteiger partial charge in [0.1, 0.15) is 0 Å². The largest absolute Gasteiger partial charge is 0.492 e. The second-order valence-electron chi connectivity index (χ2n) is 3.77. The van der Waals surface area contributed by atoms with E-state index in [1.807, 2.05) is 0 Å². The van der Waals surface area contributed by atoms with Crippen molar-refractivity contribution in [2.24, 2.45) is 0 Å². The van der Waals surface area contributed by atoms with Crippen molar-refractivity contribution in [2.45, 2.75) is 26.4 Å². The van der Waals surface area contributed by atoms with E-state index in [-0.39, 0.29) is 5.75 Å². The summed E-state index contributed by atoms with van der Waals surface area (Å²) in [5, 5.41) is 9.39. The molecule has 1 atom stereocenters. The molecule has 4 heteroatoms. The molecule has 16 heavy (non-hydrogen) atoms. The van der Waals surface area contributed by atoms with Crippen molar-refractivity contribution >= 4 is 0 Å². The standard InChI is InChI=1S/C12H17FO3/c1-7-5-10(13)12(16-4)11(15-3)9(7)6-8(2)14/h5,8,14H,6H2,1-4H3. The first-order chi connectivity index (χ1) is 7.51. The summed E-state index contributed by atoms with van der Waals surface area (Å²) in [5.74, 6) is -0.00385. The highest BCUT2D eigenvalue weighted by Crippen LogP contribution is 2.36. The van der Waals surface area contributed by atoms with E-state index in [1.165, 1.54) is 20.3 Å². The molecule has 1 unspecified atom stereocenters. The number of hydrogen-bond acceptors (Lipinski definition) is 3. The number of methoxy groups -OCH3 is 2. The van der Waals surface area contributed by atoms with Crippen LogP contribution in [0.3, 0.4) is 0 Å². The number of aliphatic hydroxyl groups excluding tert-OH is 1. The van der Waals surface area contributed by atoms with Crippen molar-refractivity contribution in [2.75, 3.05) is 14.2 Å². The van der Waals surface area contributed by atoms with E-state index in [9.17, 15) is 9.50 Å². The molecule has 0 aliphatic carbocycles. The zero-order valence-electron chi connectivity index (χ0n) is 10.0. The number of rotatable bonds is 4. The monoisotopic (exact) mass is 228 g/mol. The van der Waals surface area contributed by atoms with Gasteiger partial charge < -0.3 is 14.6 Å². The van der Waals surface area contributed by atoms with Gasteiger partial charge in [-0.2, -0.15) is 0 Å². The van der Waals surface area contributed by atoms with Gasteiger partial charge in [0.15, 0.2) is 17.3 Å². The van der Waals surface area contributed by atoms with Gasteiger partial charge in [-0.1, -0.05) is 0 Å². The molecule has 0 fully saturated rings. The van der Waals surface area contributed by atoms with Gasteiger partial charge in [0.05, 0.1) is 20.3 Å². The van der Waals surface area contributed by atoms with Crippen LogP contribution in [0.2, 0.25) is 0 Å². The van der Waals surface area contributed by atoms with Crippen LogP contribution < -0.4 is 9.47 Å². The van der Waals surface area contributed by atoms with Crippen LogP contribution in [0.15, 0.2) is 6.07 Å². The van der Waals surface area contributed by atoms with Crippen LogP contribution in [0, 0.1) is 12.7 Å². The lowest BCUT2D eigenvalue weighted by atomic mass is 10.0. The Kier molecular flexibility index (Phi) is 4.12. The second-order valence-corrected chi connectivity index (χ2v) is 3.77. The molecule has 1 N–H and O–H groups in total. The summed E-state index contributed by atoms with van der Waals surface area (Å²) < 4.78 is 23.7. The number of halogens is 1. The van der Waals surface area contributed by atoms with Crippen LogP contribution in [0.25, 0.3) is 0 Å². The van der Waals surface area contributed by atoms with E-state index < -0.39 is 11.9 Å². The fraction of sp³-hybridized carbons (Fsp3) is 0.500. The maximum atomic E-state index is 13.5. The van der Waals surface area contributed by atoms with E-state index in [2.05, 4.69) is 0 Å². The SMILES string of the molecule is COc1c(F)cc(C)c(CC(C)O)c1OC. The van der Waals surface area contributed by atoms with Gasteiger partial charge in [0.2, 0.25) is 0 Å². The number of hydrogen-bond donors (Lipinski definition) is 1. The first kappa shape index (κ1) is 12.8. The summed E-state index contributed by atoms with van der Waals surface area (Å²) in [6, 6.07) is 1.39. The third kappa shape index (κ3) is 2.44. The van der Waals surface area contributed by atoms with Crippen LogP contribution in [0.1, 0.15) is 18.1 Å². The van der Waals surface area contributed by atoms with Gasteiger partial charge in [-0.3, -0.25) is 0 Å². The molecule has 1 aromatic carbocycles. The highest BCUT2D eigenvalue weighted by atomic mass is 19.1. The fourth-order valence-corrected chi connectivity index (χ4v) is 1.72. The Bertz CT molecular complexity index is 375. The minimum absolute atomic E-state index is 0.0868. The highest BCUT2D eigenvalue weighted by Gasteiger charge is 2.18. The highest BCUT2D eigenvalue weighted by molar-refractivity contribution is 5.51. The van der Waals surface area contributed by atoms with Crippen molar-refractivity contribution in [1.29, 1.82) is 0 Å². The van der Waals surface area contributed by atoms with Crippen LogP contribution in [0.5, 0.6) is 11.5 Å². The predicted molar refractivity (Wildman–Crippen MR) is 59.6 cm³/mol. The maximum absolute atomic E-state index is 13.5. The summed E-state index contributed by atoms with van der Waals surface area (Å²) in [5.41, 5.74) is 1.52. The molecular weight excluding hydrogens is 211 g/mol. The normalized spacial score (nSPS) is 12.4. The molecule has 0 saturated carbocycles. The Balaban J connectivity index is 3.34. The van der Waals surface area contributed by atoms with Gasteiger partial charge in [0.25, 0.3) is 0 Å². The molecule has 0 saturated heterocycles. The Labute approximate surface area is 94.8 Å². The molecule has 90 valence electrons. The molecule has 3 nitrogen and oxygen atoms in total. The molecule has 0 aromatic heterocycles. The first-order valence-electron chi connectivity index (χ1n) is 5.09. The smallest absolute Gasteiger partial charge is 0.197 e. The van der Waals surface area contributed by atoms with Crippen molar-refractivity contribution < 1.29 is 19.0 Å². The van der Waals surface area contributed by atoms with E-state index in [0.717, 1.165) is 11.1 Å². The molecular formula is C12H17FO3. The Morgan fingerprint density at radius 3 is 2.31 bits per heavy atom. The van der Waals surface area contributed by atoms with Crippen LogP contribution in [0.4, 0.5) is 4.39 Å². The average molecular weight is 228 g/mol. The van der Waals surface area contributed by atoms with E-state index in [0.29, 0.717) is 12.2 Å². The van der Waals surface area contributed by atoms with Gasteiger partial charge in [0, 0.05) is 12.0 Å². The number of aliphatic hydroxyl groups is 1. The summed E-state index contributed by atoms with van der Waals surface area (Å²) in [7, 11) is 2.85. The average Bonchev–Trinajstić information content (AvgIpc) is 2.20. The molecule has 1 aromatic rings. The number of benzene rings is 1. The summed E-state index contributed by atoms with van der Waals surface area (Å²) in [4.78, 5) is 0. The van der Waals surface area contributed by atoms with Crippen LogP contribution in [-0.4, -0.2) is 25.4 Å². The minimum Gasteiger partial charge on any atom is -0.492 e.